The molecule has 1 aromatic heterocycles. The first-order valence-corrected chi connectivity index (χ1v) is 6.77. The Morgan fingerprint density at radius 1 is 1.22 bits per heavy atom. The lowest BCUT2D eigenvalue weighted by Gasteiger charge is -2.11. The van der Waals surface area contributed by atoms with Crippen LogP contribution in [-0.2, 0) is 10.0 Å². The van der Waals surface area contributed by atoms with Gasteiger partial charge in [0.15, 0.2) is 0 Å². The maximum absolute atomic E-state index is 12.2. The SMILES string of the molecule is Cc1c(N)cccc1S(=O)(=O)Nc1cccnc1. The van der Waals surface area contributed by atoms with Gasteiger partial charge in [-0.15, -0.1) is 0 Å². The average Bonchev–Trinajstić information content (AvgIpc) is 2.33. The van der Waals surface area contributed by atoms with Gasteiger partial charge in [-0.25, -0.2) is 8.42 Å². The summed E-state index contributed by atoms with van der Waals surface area (Å²) in [6.45, 7) is 1.67. The standard InChI is InChI=1S/C12H13N3O2S/c1-9-11(13)5-2-6-12(9)18(16,17)15-10-4-3-7-14-8-10/h2-8,15H,13H2,1H3. The second-order valence-electron chi connectivity index (χ2n) is 3.82. The molecule has 0 saturated carbocycles. The Labute approximate surface area is 106 Å². The minimum Gasteiger partial charge on any atom is -0.398 e. The van der Waals surface area contributed by atoms with Gasteiger partial charge >= 0.3 is 0 Å². The molecule has 0 radical (unpaired) electrons. The maximum Gasteiger partial charge on any atom is 0.262 e. The van der Waals surface area contributed by atoms with Crippen LogP contribution in [0.5, 0.6) is 0 Å². The number of nitrogens with zero attached hydrogens (tertiary/aromatic N) is 1. The van der Waals surface area contributed by atoms with Gasteiger partial charge in [0.05, 0.1) is 16.8 Å². The van der Waals surface area contributed by atoms with Crippen molar-refractivity contribution in [3.63, 3.8) is 0 Å². The van der Waals surface area contributed by atoms with Crippen LogP contribution in [0, 0.1) is 6.92 Å². The molecule has 6 heteroatoms. The van der Waals surface area contributed by atoms with E-state index < -0.39 is 10.0 Å². The van der Waals surface area contributed by atoms with Crippen LogP contribution >= 0.6 is 0 Å². The van der Waals surface area contributed by atoms with E-state index in [-0.39, 0.29) is 4.90 Å². The molecule has 2 rings (SSSR count). The molecular weight excluding hydrogens is 250 g/mol. The van der Waals surface area contributed by atoms with Crippen LogP contribution in [0.25, 0.3) is 0 Å². The second kappa shape index (κ2) is 4.66. The average molecular weight is 263 g/mol. The number of hydrogen-bond acceptors (Lipinski definition) is 4. The van der Waals surface area contributed by atoms with Crippen molar-refractivity contribution in [3.8, 4) is 0 Å². The molecule has 3 N–H and O–H groups in total. The molecule has 94 valence electrons. The summed E-state index contributed by atoms with van der Waals surface area (Å²) in [5, 5.41) is 0. The number of nitrogen functional groups attached to an aromatic ring is 1. The number of hydrogen-bond donors (Lipinski definition) is 2. The number of nitrogens with two attached hydrogens (primary N) is 1. The Hall–Kier alpha value is -2.08. The highest BCUT2D eigenvalue weighted by molar-refractivity contribution is 7.92. The number of rotatable bonds is 3. The third-order valence-electron chi connectivity index (χ3n) is 2.53. The molecule has 0 amide bonds. The van der Waals surface area contributed by atoms with E-state index >= 15 is 0 Å². The summed E-state index contributed by atoms with van der Waals surface area (Å²) >= 11 is 0. The fraction of sp³-hybridized carbons (Fsp3) is 0.0833. The summed E-state index contributed by atoms with van der Waals surface area (Å²) in [5.74, 6) is 0. The van der Waals surface area contributed by atoms with Crippen LogP contribution in [0.1, 0.15) is 5.56 Å². The highest BCUT2D eigenvalue weighted by Gasteiger charge is 2.17. The molecule has 0 fully saturated rings. The van der Waals surface area contributed by atoms with Gasteiger partial charge in [-0.3, -0.25) is 9.71 Å². The predicted molar refractivity (Wildman–Crippen MR) is 70.6 cm³/mol. The van der Waals surface area contributed by atoms with Gasteiger partial charge in [0, 0.05) is 11.9 Å². The topological polar surface area (TPSA) is 85.1 Å². The lowest BCUT2D eigenvalue weighted by atomic mass is 10.2. The summed E-state index contributed by atoms with van der Waals surface area (Å²) in [5.41, 5.74) is 7.11. The number of aromatic nitrogens is 1. The van der Waals surface area contributed by atoms with Crippen LogP contribution in [-0.4, -0.2) is 13.4 Å². The minimum atomic E-state index is -3.64. The van der Waals surface area contributed by atoms with Crippen LogP contribution in [0.15, 0.2) is 47.6 Å². The van der Waals surface area contributed by atoms with Crippen molar-refractivity contribution in [2.75, 3.05) is 10.5 Å². The highest BCUT2D eigenvalue weighted by atomic mass is 32.2. The molecule has 18 heavy (non-hydrogen) atoms. The quantitative estimate of drug-likeness (QED) is 0.826. The molecule has 0 bridgehead atoms. The molecule has 5 nitrogen and oxygen atoms in total. The zero-order valence-electron chi connectivity index (χ0n) is 9.79. The van der Waals surface area contributed by atoms with E-state index in [1.807, 2.05) is 0 Å². The molecule has 0 saturated heterocycles. The number of sulfonamides is 1. The third kappa shape index (κ3) is 2.43. The number of nitrogens with one attached hydrogen (secondary N) is 1. The van der Waals surface area contributed by atoms with Crippen molar-refractivity contribution in [2.45, 2.75) is 11.8 Å². The van der Waals surface area contributed by atoms with E-state index in [1.165, 1.54) is 12.3 Å². The van der Waals surface area contributed by atoms with Gasteiger partial charge in [-0.05, 0) is 36.8 Å². The molecule has 0 aliphatic heterocycles. The first kappa shape index (κ1) is 12.4. The third-order valence-corrected chi connectivity index (χ3v) is 4.05. The Balaban J connectivity index is 2.41. The molecule has 1 aromatic carbocycles. The lowest BCUT2D eigenvalue weighted by Crippen LogP contribution is -2.15. The number of benzene rings is 1. The highest BCUT2D eigenvalue weighted by Crippen LogP contribution is 2.22. The lowest BCUT2D eigenvalue weighted by molar-refractivity contribution is 0.600. The Morgan fingerprint density at radius 3 is 2.67 bits per heavy atom. The van der Waals surface area contributed by atoms with E-state index in [9.17, 15) is 8.42 Å². The summed E-state index contributed by atoms with van der Waals surface area (Å²) in [7, 11) is -3.64. The van der Waals surface area contributed by atoms with Crippen molar-refractivity contribution in [1.82, 2.24) is 4.98 Å². The summed E-state index contributed by atoms with van der Waals surface area (Å²) < 4.78 is 26.8. The first-order valence-electron chi connectivity index (χ1n) is 5.28. The molecule has 0 unspecified atom stereocenters. The van der Waals surface area contributed by atoms with Crippen molar-refractivity contribution in [1.29, 1.82) is 0 Å². The smallest absolute Gasteiger partial charge is 0.262 e. The summed E-state index contributed by atoms with van der Waals surface area (Å²) in [6, 6.07) is 8.08. The molecule has 0 spiro atoms. The fourth-order valence-corrected chi connectivity index (χ4v) is 2.88. The van der Waals surface area contributed by atoms with Crippen molar-refractivity contribution >= 4 is 21.4 Å². The van der Waals surface area contributed by atoms with E-state index in [1.54, 1.807) is 37.4 Å². The molecular formula is C12H13N3O2S. The first-order chi connectivity index (χ1) is 8.50. The van der Waals surface area contributed by atoms with E-state index in [0.717, 1.165) is 0 Å². The van der Waals surface area contributed by atoms with Crippen molar-refractivity contribution < 1.29 is 8.42 Å². The second-order valence-corrected chi connectivity index (χ2v) is 5.47. The summed E-state index contributed by atoms with van der Waals surface area (Å²) in [6.07, 6.45) is 3.02. The number of pyridine rings is 1. The van der Waals surface area contributed by atoms with Crippen LogP contribution in [0.2, 0.25) is 0 Å². The Morgan fingerprint density at radius 2 is 2.00 bits per heavy atom. The summed E-state index contributed by atoms with van der Waals surface area (Å²) in [4.78, 5) is 4.02. The van der Waals surface area contributed by atoms with Crippen molar-refractivity contribution in [2.24, 2.45) is 0 Å². The van der Waals surface area contributed by atoms with Crippen LogP contribution < -0.4 is 10.5 Å². The molecule has 0 aliphatic rings. The van der Waals surface area contributed by atoms with Gasteiger partial charge in [-0.1, -0.05) is 6.07 Å². The maximum atomic E-state index is 12.2. The Kier molecular flexibility index (Phi) is 3.20. The van der Waals surface area contributed by atoms with Gasteiger partial charge < -0.3 is 5.73 Å². The molecule has 0 aliphatic carbocycles. The van der Waals surface area contributed by atoms with E-state index in [0.29, 0.717) is 16.9 Å². The number of anilines is 2. The van der Waals surface area contributed by atoms with Gasteiger partial charge in [-0.2, -0.15) is 0 Å². The minimum absolute atomic E-state index is 0.173. The van der Waals surface area contributed by atoms with Gasteiger partial charge in [0.1, 0.15) is 0 Å². The van der Waals surface area contributed by atoms with Crippen molar-refractivity contribution in [3.05, 3.63) is 48.3 Å². The van der Waals surface area contributed by atoms with E-state index in [4.69, 9.17) is 5.73 Å². The van der Waals surface area contributed by atoms with Gasteiger partial charge in [0.25, 0.3) is 10.0 Å². The van der Waals surface area contributed by atoms with Gasteiger partial charge in [0.2, 0.25) is 0 Å². The molecule has 2 aromatic rings. The molecule has 0 atom stereocenters. The monoisotopic (exact) mass is 263 g/mol. The zero-order valence-corrected chi connectivity index (χ0v) is 10.6. The molecule has 1 heterocycles. The van der Waals surface area contributed by atoms with E-state index in [2.05, 4.69) is 9.71 Å². The Bertz CT molecular complexity index is 654. The fourth-order valence-electron chi connectivity index (χ4n) is 1.56. The van der Waals surface area contributed by atoms with Crippen LogP contribution in [0.3, 0.4) is 0 Å². The zero-order chi connectivity index (χ0) is 13.2. The normalized spacial score (nSPS) is 11.2. The van der Waals surface area contributed by atoms with Crippen LogP contribution in [0.4, 0.5) is 11.4 Å². The largest absolute Gasteiger partial charge is 0.398 e. The predicted octanol–water partition coefficient (Wildman–Crippen LogP) is 1.77.